The van der Waals surface area contributed by atoms with Crippen LogP contribution in [0, 0.1) is 0 Å². The third kappa shape index (κ3) is 3.20. The number of ether oxygens (including phenoxy) is 1. The average molecular weight is 299 g/mol. The van der Waals surface area contributed by atoms with Gasteiger partial charge in [-0.05, 0) is 37.5 Å². The zero-order chi connectivity index (χ0) is 15.4. The van der Waals surface area contributed by atoms with Gasteiger partial charge in [0.05, 0.1) is 12.3 Å². The minimum absolute atomic E-state index is 0.0587. The first-order valence-corrected chi connectivity index (χ1v) is 7.78. The molecule has 1 aliphatic rings. The van der Waals surface area contributed by atoms with E-state index in [0.29, 0.717) is 18.7 Å². The molecule has 0 radical (unpaired) electrons. The monoisotopic (exact) mass is 299 g/mol. The van der Waals surface area contributed by atoms with E-state index in [9.17, 15) is 4.79 Å². The lowest BCUT2D eigenvalue weighted by Crippen LogP contribution is -2.37. The van der Waals surface area contributed by atoms with Crippen molar-refractivity contribution in [2.45, 2.75) is 25.9 Å². The number of nitrogens with zero attached hydrogens (tertiary/aromatic N) is 2. The van der Waals surface area contributed by atoms with Crippen molar-refractivity contribution in [1.29, 1.82) is 0 Å². The van der Waals surface area contributed by atoms with Crippen molar-refractivity contribution in [3.63, 3.8) is 0 Å². The third-order valence-corrected chi connectivity index (χ3v) is 4.06. The number of carbonyl (C=O) groups excluding carboxylic acids is 1. The van der Waals surface area contributed by atoms with Crippen LogP contribution in [0.5, 0.6) is 0 Å². The summed E-state index contributed by atoms with van der Waals surface area (Å²) in [5, 5.41) is 6.75. The first-order chi connectivity index (χ1) is 10.8. The van der Waals surface area contributed by atoms with Gasteiger partial charge in [-0.2, -0.15) is 5.10 Å². The molecule has 22 heavy (non-hydrogen) atoms. The molecule has 0 bridgehead atoms. The predicted octanol–water partition coefficient (Wildman–Crippen LogP) is 2.72. The second-order valence-electron chi connectivity index (χ2n) is 5.55. The van der Waals surface area contributed by atoms with Gasteiger partial charge in [0.25, 0.3) is 5.91 Å². The van der Waals surface area contributed by atoms with Crippen molar-refractivity contribution >= 4 is 5.91 Å². The Balaban J connectivity index is 1.76. The Kier molecular flexibility index (Phi) is 4.53. The van der Waals surface area contributed by atoms with E-state index in [4.69, 9.17) is 4.74 Å². The quantitative estimate of drug-likeness (QED) is 0.923. The first kappa shape index (κ1) is 14.8. The topological polar surface area (TPSA) is 58.2 Å². The Morgan fingerprint density at radius 3 is 3.05 bits per heavy atom. The third-order valence-electron chi connectivity index (χ3n) is 4.06. The molecule has 0 aliphatic carbocycles. The number of aromatic nitrogens is 2. The van der Waals surface area contributed by atoms with Gasteiger partial charge >= 0.3 is 0 Å². The number of H-pyrrole nitrogens is 1. The van der Waals surface area contributed by atoms with Gasteiger partial charge in [0.15, 0.2) is 0 Å². The normalized spacial score (nSPS) is 17.6. The molecule has 2 aromatic rings. The summed E-state index contributed by atoms with van der Waals surface area (Å²) in [6.45, 7) is 4.18. The lowest BCUT2D eigenvalue weighted by Gasteiger charge is -2.24. The van der Waals surface area contributed by atoms with Crippen LogP contribution in [0.2, 0.25) is 0 Å². The lowest BCUT2D eigenvalue weighted by atomic mass is 10.1. The molecule has 1 aromatic heterocycles. The van der Waals surface area contributed by atoms with Gasteiger partial charge in [-0.1, -0.05) is 12.1 Å². The molecule has 3 rings (SSSR count). The van der Waals surface area contributed by atoms with Crippen molar-refractivity contribution in [3.05, 3.63) is 42.2 Å². The molecule has 0 unspecified atom stereocenters. The van der Waals surface area contributed by atoms with E-state index in [1.807, 2.05) is 42.3 Å². The van der Waals surface area contributed by atoms with E-state index in [1.54, 1.807) is 6.20 Å². The van der Waals surface area contributed by atoms with Crippen LogP contribution in [0.3, 0.4) is 0 Å². The second kappa shape index (κ2) is 6.75. The fourth-order valence-electron chi connectivity index (χ4n) is 2.81. The Labute approximate surface area is 130 Å². The van der Waals surface area contributed by atoms with E-state index in [-0.39, 0.29) is 12.0 Å². The van der Waals surface area contributed by atoms with Crippen molar-refractivity contribution in [1.82, 2.24) is 15.1 Å². The summed E-state index contributed by atoms with van der Waals surface area (Å²) in [7, 11) is 0. The first-order valence-electron chi connectivity index (χ1n) is 7.78. The van der Waals surface area contributed by atoms with Crippen molar-refractivity contribution in [2.75, 3.05) is 19.7 Å². The number of likely N-dealkylation sites (N-methyl/N-ethyl adjacent to an activating group) is 1. The number of rotatable bonds is 5. The SMILES string of the molecule is CCN(C[C@H]1CCCO1)C(=O)c1cccc(-c2cn[nH]c2)c1. The summed E-state index contributed by atoms with van der Waals surface area (Å²) < 4.78 is 5.65. The fraction of sp³-hybridized carbons (Fsp3) is 0.412. The molecule has 1 amide bonds. The van der Waals surface area contributed by atoms with Gasteiger partial charge in [-0.25, -0.2) is 0 Å². The van der Waals surface area contributed by atoms with Crippen molar-refractivity contribution < 1.29 is 9.53 Å². The molecular weight excluding hydrogens is 278 g/mol. The highest BCUT2D eigenvalue weighted by atomic mass is 16.5. The minimum atomic E-state index is 0.0587. The highest BCUT2D eigenvalue weighted by Crippen LogP contribution is 2.20. The van der Waals surface area contributed by atoms with Gasteiger partial charge in [0.1, 0.15) is 0 Å². The molecular formula is C17H21N3O2. The highest BCUT2D eigenvalue weighted by molar-refractivity contribution is 5.95. The van der Waals surface area contributed by atoms with Gasteiger partial charge < -0.3 is 9.64 Å². The largest absolute Gasteiger partial charge is 0.376 e. The number of carbonyl (C=O) groups is 1. The smallest absolute Gasteiger partial charge is 0.253 e. The number of amides is 1. The molecule has 1 aliphatic heterocycles. The number of hydrogen-bond donors (Lipinski definition) is 1. The Morgan fingerprint density at radius 1 is 1.45 bits per heavy atom. The Hall–Kier alpha value is -2.14. The maximum atomic E-state index is 12.7. The molecule has 0 spiro atoms. The minimum Gasteiger partial charge on any atom is -0.376 e. The fourth-order valence-corrected chi connectivity index (χ4v) is 2.81. The van der Waals surface area contributed by atoms with Gasteiger partial charge in [0, 0.05) is 37.0 Å². The molecule has 5 heteroatoms. The Morgan fingerprint density at radius 2 is 2.36 bits per heavy atom. The van der Waals surface area contributed by atoms with Crippen LogP contribution < -0.4 is 0 Å². The van der Waals surface area contributed by atoms with E-state index in [2.05, 4.69) is 10.2 Å². The summed E-state index contributed by atoms with van der Waals surface area (Å²) in [6, 6.07) is 7.68. The predicted molar refractivity (Wildman–Crippen MR) is 84.6 cm³/mol. The lowest BCUT2D eigenvalue weighted by molar-refractivity contribution is 0.0539. The summed E-state index contributed by atoms with van der Waals surface area (Å²) in [4.78, 5) is 14.6. The van der Waals surface area contributed by atoms with Crippen LogP contribution in [0.25, 0.3) is 11.1 Å². The highest BCUT2D eigenvalue weighted by Gasteiger charge is 2.22. The van der Waals surface area contributed by atoms with Crippen LogP contribution in [0.4, 0.5) is 0 Å². The van der Waals surface area contributed by atoms with Crippen LogP contribution >= 0.6 is 0 Å². The molecule has 1 saturated heterocycles. The van der Waals surface area contributed by atoms with Crippen LogP contribution in [-0.4, -0.2) is 46.8 Å². The van der Waals surface area contributed by atoms with Crippen LogP contribution in [0.1, 0.15) is 30.1 Å². The molecule has 2 heterocycles. The summed E-state index contributed by atoms with van der Waals surface area (Å²) in [6.07, 6.45) is 5.90. The Bertz CT molecular complexity index is 619. The summed E-state index contributed by atoms with van der Waals surface area (Å²) in [5.41, 5.74) is 2.68. The zero-order valence-corrected chi connectivity index (χ0v) is 12.8. The molecule has 1 aromatic carbocycles. The van der Waals surface area contributed by atoms with Crippen LogP contribution in [-0.2, 0) is 4.74 Å². The van der Waals surface area contributed by atoms with Crippen molar-refractivity contribution in [2.24, 2.45) is 0 Å². The van der Waals surface area contributed by atoms with E-state index in [1.165, 1.54) is 0 Å². The molecule has 1 atom stereocenters. The van der Waals surface area contributed by atoms with Gasteiger partial charge in [0.2, 0.25) is 0 Å². The number of hydrogen-bond acceptors (Lipinski definition) is 3. The van der Waals surface area contributed by atoms with E-state index >= 15 is 0 Å². The maximum absolute atomic E-state index is 12.7. The number of aromatic amines is 1. The molecule has 1 fully saturated rings. The van der Waals surface area contributed by atoms with E-state index < -0.39 is 0 Å². The standard InChI is InChI=1S/C17H21N3O2/c1-2-20(12-16-7-4-8-22-16)17(21)14-6-3-5-13(9-14)15-10-18-19-11-15/h3,5-6,9-11,16H,2,4,7-8,12H2,1H3,(H,18,19)/t16-/m1/s1. The zero-order valence-electron chi connectivity index (χ0n) is 12.8. The maximum Gasteiger partial charge on any atom is 0.253 e. The molecule has 0 saturated carbocycles. The van der Waals surface area contributed by atoms with E-state index in [0.717, 1.165) is 30.6 Å². The molecule has 1 N–H and O–H groups in total. The van der Waals surface area contributed by atoms with Gasteiger partial charge in [-0.3, -0.25) is 9.89 Å². The van der Waals surface area contributed by atoms with Crippen molar-refractivity contribution in [3.8, 4) is 11.1 Å². The number of benzene rings is 1. The number of nitrogens with one attached hydrogen (secondary N) is 1. The summed E-state index contributed by atoms with van der Waals surface area (Å²) >= 11 is 0. The van der Waals surface area contributed by atoms with Crippen LogP contribution in [0.15, 0.2) is 36.7 Å². The van der Waals surface area contributed by atoms with Gasteiger partial charge in [-0.15, -0.1) is 0 Å². The summed E-state index contributed by atoms with van der Waals surface area (Å²) in [5.74, 6) is 0.0587. The second-order valence-corrected chi connectivity index (χ2v) is 5.55. The average Bonchev–Trinajstić information content (AvgIpc) is 3.25. The molecule has 5 nitrogen and oxygen atoms in total. The molecule has 116 valence electrons.